The van der Waals surface area contributed by atoms with E-state index in [-0.39, 0.29) is 6.61 Å². The van der Waals surface area contributed by atoms with E-state index >= 15 is 0 Å². The molecule has 0 amide bonds. The van der Waals surface area contributed by atoms with Crippen molar-refractivity contribution in [1.29, 1.82) is 0 Å². The molecule has 0 aromatic heterocycles. The van der Waals surface area contributed by atoms with Crippen LogP contribution < -0.4 is 4.74 Å². The Labute approximate surface area is 108 Å². The zero-order chi connectivity index (χ0) is 13.8. The van der Waals surface area contributed by atoms with Gasteiger partial charge in [0.1, 0.15) is 11.4 Å². The number of aliphatic hydroxyl groups is 1. The Morgan fingerprint density at radius 3 is 2.61 bits per heavy atom. The number of hydrogen-bond acceptors (Lipinski definition) is 4. The first-order valence-electron chi connectivity index (χ1n) is 5.90. The van der Waals surface area contributed by atoms with Gasteiger partial charge in [0.15, 0.2) is 6.61 Å². The second-order valence-electron chi connectivity index (χ2n) is 5.12. The number of carbonyl (C=O) groups is 1. The molecule has 18 heavy (non-hydrogen) atoms. The summed E-state index contributed by atoms with van der Waals surface area (Å²) in [5.41, 5.74) is 0.235. The molecule has 0 aliphatic heterocycles. The molecule has 0 saturated carbocycles. The molecule has 0 aliphatic rings. The van der Waals surface area contributed by atoms with Gasteiger partial charge in [0, 0.05) is 0 Å². The lowest BCUT2D eigenvalue weighted by Crippen LogP contribution is -2.27. The minimum atomic E-state index is -0.560. The standard InChI is InChI=1S/C14H20O4/c1-10(15)11-6-5-7-12(8-11)17-9-13(16)18-14(2,3)4/h5-8,10,15H,9H2,1-4H3. The maximum Gasteiger partial charge on any atom is 0.344 e. The number of carbonyl (C=O) groups excluding carboxylic acids is 1. The number of rotatable bonds is 4. The Hall–Kier alpha value is -1.55. The van der Waals surface area contributed by atoms with Crippen molar-refractivity contribution in [3.63, 3.8) is 0 Å². The molecule has 0 saturated heterocycles. The molecule has 0 aliphatic carbocycles. The average molecular weight is 252 g/mol. The van der Waals surface area contributed by atoms with Gasteiger partial charge in [0.2, 0.25) is 0 Å². The second-order valence-corrected chi connectivity index (χ2v) is 5.12. The summed E-state index contributed by atoms with van der Waals surface area (Å²) < 4.78 is 10.4. The van der Waals surface area contributed by atoms with Gasteiger partial charge in [-0.2, -0.15) is 0 Å². The highest BCUT2D eigenvalue weighted by atomic mass is 16.6. The molecule has 1 aromatic rings. The Morgan fingerprint density at radius 1 is 1.39 bits per heavy atom. The fourth-order valence-corrected chi connectivity index (χ4v) is 1.38. The molecule has 1 rings (SSSR count). The number of ether oxygens (including phenoxy) is 2. The number of esters is 1. The third-order valence-electron chi connectivity index (χ3n) is 2.12. The maximum absolute atomic E-state index is 11.5. The molecule has 1 atom stereocenters. The van der Waals surface area contributed by atoms with Crippen molar-refractivity contribution in [3.8, 4) is 5.75 Å². The summed E-state index contributed by atoms with van der Waals surface area (Å²) in [6.07, 6.45) is -0.560. The normalized spacial score (nSPS) is 12.9. The van der Waals surface area contributed by atoms with Gasteiger partial charge in [-0.1, -0.05) is 12.1 Å². The van der Waals surface area contributed by atoms with Gasteiger partial charge in [-0.25, -0.2) is 4.79 Å². The van der Waals surface area contributed by atoms with E-state index in [1.54, 1.807) is 52.0 Å². The number of aliphatic hydroxyl groups excluding tert-OH is 1. The maximum atomic E-state index is 11.5. The summed E-state index contributed by atoms with van der Waals surface area (Å²) in [7, 11) is 0. The summed E-state index contributed by atoms with van der Waals surface area (Å²) in [5, 5.41) is 9.43. The van der Waals surface area contributed by atoms with Crippen LogP contribution in [0.25, 0.3) is 0 Å². The zero-order valence-corrected chi connectivity index (χ0v) is 11.3. The summed E-state index contributed by atoms with van der Waals surface area (Å²) in [4.78, 5) is 11.5. The zero-order valence-electron chi connectivity index (χ0n) is 11.3. The summed E-state index contributed by atoms with van der Waals surface area (Å²) in [6, 6.07) is 7.00. The van der Waals surface area contributed by atoms with Gasteiger partial charge in [-0.15, -0.1) is 0 Å². The first-order chi connectivity index (χ1) is 8.28. The highest BCUT2D eigenvalue weighted by Gasteiger charge is 2.16. The van der Waals surface area contributed by atoms with E-state index < -0.39 is 17.7 Å². The molecule has 100 valence electrons. The molecule has 0 bridgehead atoms. The monoisotopic (exact) mass is 252 g/mol. The van der Waals surface area contributed by atoms with Crippen molar-refractivity contribution >= 4 is 5.97 Å². The molecule has 4 heteroatoms. The highest BCUT2D eigenvalue weighted by molar-refractivity contribution is 5.71. The van der Waals surface area contributed by atoms with Crippen LogP contribution in [0.1, 0.15) is 39.4 Å². The van der Waals surface area contributed by atoms with Crippen LogP contribution in [0, 0.1) is 0 Å². The van der Waals surface area contributed by atoms with E-state index in [0.717, 1.165) is 5.56 Å². The largest absolute Gasteiger partial charge is 0.482 e. The average Bonchev–Trinajstić information content (AvgIpc) is 2.24. The third kappa shape index (κ3) is 5.19. The van der Waals surface area contributed by atoms with Crippen LogP contribution in [0.15, 0.2) is 24.3 Å². The van der Waals surface area contributed by atoms with Crippen LogP contribution in [0.5, 0.6) is 5.75 Å². The molecule has 1 aromatic carbocycles. The fraction of sp³-hybridized carbons (Fsp3) is 0.500. The summed E-state index contributed by atoms with van der Waals surface area (Å²) in [6.45, 7) is 6.95. The highest BCUT2D eigenvalue weighted by Crippen LogP contribution is 2.19. The van der Waals surface area contributed by atoms with Gasteiger partial charge in [0.25, 0.3) is 0 Å². The van der Waals surface area contributed by atoms with Gasteiger partial charge >= 0.3 is 5.97 Å². The van der Waals surface area contributed by atoms with Gasteiger partial charge in [0.05, 0.1) is 6.10 Å². The predicted octanol–water partition coefficient (Wildman–Crippen LogP) is 2.46. The van der Waals surface area contributed by atoms with E-state index in [1.807, 2.05) is 0 Å². The lowest BCUT2D eigenvalue weighted by Gasteiger charge is -2.19. The SMILES string of the molecule is CC(O)c1cccc(OCC(=O)OC(C)(C)C)c1. The quantitative estimate of drug-likeness (QED) is 0.836. The van der Waals surface area contributed by atoms with Crippen LogP contribution in [0.3, 0.4) is 0 Å². The number of hydrogen-bond donors (Lipinski definition) is 1. The first kappa shape index (κ1) is 14.5. The minimum Gasteiger partial charge on any atom is -0.482 e. The van der Waals surface area contributed by atoms with E-state index in [2.05, 4.69) is 0 Å². The van der Waals surface area contributed by atoms with Crippen LogP contribution in [0.4, 0.5) is 0 Å². The Kier molecular flexibility index (Phi) is 4.73. The second kappa shape index (κ2) is 5.87. The van der Waals surface area contributed by atoms with Gasteiger partial charge in [-0.3, -0.25) is 0 Å². The molecule has 4 nitrogen and oxygen atoms in total. The molecule has 0 radical (unpaired) electrons. The molecular weight excluding hydrogens is 232 g/mol. The first-order valence-corrected chi connectivity index (χ1v) is 5.90. The van der Waals surface area contributed by atoms with Crippen LogP contribution in [0.2, 0.25) is 0 Å². The van der Waals surface area contributed by atoms with Gasteiger partial charge < -0.3 is 14.6 Å². The topological polar surface area (TPSA) is 55.8 Å². The smallest absolute Gasteiger partial charge is 0.344 e. The predicted molar refractivity (Wildman–Crippen MR) is 68.4 cm³/mol. The van der Waals surface area contributed by atoms with Gasteiger partial charge in [-0.05, 0) is 45.4 Å². The summed E-state index contributed by atoms with van der Waals surface area (Å²) >= 11 is 0. The molecule has 0 fully saturated rings. The number of benzene rings is 1. The van der Waals surface area contributed by atoms with Crippen molar-refractivity contribution in [2.24, 2.45) is 0 Å². The Balaban J connectivity index is 2.53. The lowest BCUT2D eigenvalue weighted by atomic mass is 10.1. The Bertz CT molecular complexity index is 405. The van der Waals surface area contributed by atoms with E-state index in [0.29, 0.717) is 5.75 Å². The minimum absolute atomic E-state index is 0.138. The van der Waals surface area contributed by atoms with Crippen LogP contribution >= 0.6 is 0 Å². The lowest BCUT2D eigenvalue weighted by molar-refractivity contribution is -0.157. The van der Waals surface area contributed by atoms with Crippen molar-refractivity contribution in [2.75, 3.05) is 6.61 Å². The van der Waals surface area contributed by atoms with Crippen molar-refractivity contribution in [1.82, 2.24) is 0 Å². The molecule has 1 N–H and O–H groups in total. The summed E-state index contributed by atoms with van der Waals surface area (Å²) in [5.74, 6) is 0.129. The Morgan fingerprint density at radius 2 is 2.06 bits per heavy atom. The van der Waals surface area contributed by atoms with E-state index in [9.17, 15) is 9.90 Å². The van der Waals surface area contributed by atoms with E-state index in [4.69, 9.17) is 9.47 Å². The fourth-order valence-electron chi connectivity index (χ4n) is 1.38. The molecule has 0 spiro atoms. The molecular formula is C14H20O4. The van der Waals surface area contributed by atoms with E-state index in [1.165, 1.54) is 0 Å². The van der Waals surface area contributed by atoms with Crippen LogP contribution in [-0.4, -0.2) is 23.3 Å². The van der Waals surface area contributed by atoms with Crippen molar-refractivity contribution < 1.29 is 19.4 Å². The van der Waals surface area contributed by atoms with Crippen molar-refractivity contribution in [3.05, 3.63) is 29.8 Å². The van der Waals surface area contributed by atoms with Crippen molar-refractivity contribution in [2.45, 2.75) is 39.4 Å². The molecule has 0 heterocycles. The third-order valence-corrected chi connectivity index (χ3v) is 2.12. The molecule has 1 unspecified atom stereocenters. The van der Waals surface area contributed by atoms with Crippen LogP contribution in [-0.2, 0) is 9.53 Å².